The van der Waals surface area contributed by atoms with Crippen LogP contribution in [-0.2, 0) is 26.3 Å². The van der Waals surface area contributed by atoms with Gasteiger partial charge in [0.2, 0.25) is 0 Å². The quantitative estimate of drug-likeness (QED) is 0.133. The Bertz CT molecular complexity index is 1610. The van der Waals surface area contributed by atoms with Crippen LogP contribution < -0.4 is 9.64 Å². The summed E-state index contributed by atoms with van der Waals surface area (Å²) in [5.41, 5.74) is 9.77. The van der Waals surface area contributed by atoms with Gasteiger partial charge in [0.05, 0.1) is 0 Å². The van der Waals surface area contributed by atoms with Gasteiger partial charge < -0.3 is 14.4 Å². The number of hydrogen-bond donors (Lipinski definition) is 0. The van der Waals surface area contributed by atoms with E-state index in [1.54, 1.807) is 0 Å². The van der Waals surface area contributed by atoms with Gasteiger partial charge >= 0.3 is 11.9 Å². The molecule has 0 saturated carbocycles. The van der Waals surface area contributed by atoms with Gasteiger partial charge in [-0.15, -0.1) is 0 Å². The van der Waals surface area contributed by atoms with E-state index in [1.165, 1.54) is 17.2 Å². The highest BCUT2D eigenvalue weighted by atomic mass is 16.5. The lowest BCUT2D eigenvalue weighted by Gasteiger charge is -2.23. The molecule has 5 nitrogen and oxygen atoms in total. The molecule has 4 aromatic rings. The number of hydrogen-bond acceptors (Lipinski definition) is 5. The molecule has 0 spiro atoms. The average molecular weight is 530 g/mol. The van der Waals surface area contributed by atoms with Crippen molar-refractivity contribution >= 4 is 23.3 Å². The number of ether oxygens (including phenoxy) is 2. The fourth-order valence-corrected chi connectivity index (χ4v) is 5.17. The predicted octanol–water partition coefficient (Wildman–Crippen LogP) is 7.75. The van der Waals surface area contributed by atoms with Crippen LogP contribution in [0.5, 0.6) is 5.75 Å². The minimum Gasteiger partial charge on any atom is -0.458 e. The summed E-state index contributed by atoms with van der Waals surface area (Å²) in [4.78, 5) is 25.1. The second kappa shape index (κ2) is 10.7. The molecule has 0 fully saturated rings. The molecular weight excluding hydrogens is 498 g/mol. The van der Waals surface area contributed by atoms with Gasteiger partial charge in [-0.3, -0.25) is 0 Å². The zero-order valence-electron chi connectivity index (χ0n) is 22.9. The van der Waals surface area contributed by atoms with E-state index in [0.717, 1.165) is 45.3 Å². The lowest BCUT2D eigenvalue weighted by Crippen LogP contribution is -2.15. The molecule has 0 radical (unpaired) electrons. The molecule has 0 N–H and O–H groups in total. The lowest BCUT2D eigenvalue weighted by molar-refractivity contribution is -0.139. The van der Waals surface area contributed by atoms with Gasteiger partial charge in [0.1, 0.15) is 12.4 Å². The number of benzene rings is 4. The van der Waals surface area contributed by atoms with E-state index in [0.29, 0.717) is 5.75 Å². The van der Waals surface area contributed by atoms with Crippen LogP contribution in [0.4, 0.5) is 11.4 Å². The Morgan fingerprint density at radius 3 is 1.93 bits per heavy atom. The second-order valence-corrected chi connectivity index (χ2v) is 10.3. The number of carbonyl (C=O) groups is 2. The number of nitrogens with zero attached hydrogens (tertiary/aromatic N) is 1. The summed E-state index contributed by atoms with van der Waals surface area (Å²) in [6, 6.07) is 28.8. The summed E-state index contributed by atoms with van der Waals surface area (Å²) in [5.74, 6) is -0.373. The number of anilines is 2. The molecular formula is C35H31NO4. The first-order chi connectivity index (χ1) is 19.2. The van der Waals surface area contributed by atoms with Crippen LogP contribution in [0.2, 0.25) is 0 Å². The van der Waals surface area contributed by atoms with E-state index >= 15 is 0 Å². The minimum atomic E-state index is -0.465. The van der Waals surface area contributed by atoms with E-state index in [4.69, 9.17) is 9.47 Å². The fourth-order valence-electron chi connectivity index (χ4n) is 5.17. The summed E-state index contributed by atoms with van der Waals surface area (Å²) in [6.45, 7) is 11.5. The number of rotatable bonds is 8. The third-order valence-corrected chi connectivity index (χ3v) is 7.49. The summed E-state index contributed by atoms with van der Waals surface area (Å²) < 4.78 is 10.5. The topological polar surface area (TPSA) is 55.8 Å². The van der Waals surface area contributed by atoms with Crippen molar-refractivity contribution in [3.63, 3.8) is 0 Å². The van der Waals surface area contributed by atoms with Crippen LogP contribution in [0.3, 0.4) is 0 Å². The Balaban J connectivity index is 1.35. The molecule has 200 valence electrons. The highest BCUT2D eigenvalue weighted by Gasteiger charge is 2.36. The largest absolute Gasteiger partial charge is 0.458 e. The molecule has 5 rings (SSSR count). The molecule has 0 heterocycles. The van der Waals surface area contributed by atoms with Crippen molar-refractivity contribution in [1.29, 1.82) is 0 Å². The molecule has 0 aromatic heterocycles. The standard InChI is InChI=1S/C35H31NO4/c1-6-33(37)39-22-23-8-13-26(14-9-23)36(5)27-15-10-24(11-16-27)25-12-18-29-30-19-17-28(40-34(38)7-2)21-32(30)35(3,4)31(29)20-25/h6-21H,1-2,22H2,3-5H3. The molecule has 0 atom stereocenters. The van der Waals surface area contributed by atoms with Crippen molar-refractivity contribution in [2.75, 3.05) is 11.9 Å². The maximum absolute atomic E-state index is 11.7. The number of fused-ring (bicyclic) bond motifs is 3. The Morgan fingerprint density at radius 1 is 0.750 bits per heavy atom. The zero-order valence-corrected chi connectivity index (χ0v) is 22.9. The average Bonchev–Trinajstić information content (AvgIpc) is 3.21. The van der Waals surface area contributed by atoms with Crippen molar-refractivity contribution < 1.29 is 19.1 Å². The second-order valence-electron chi connectivity index (χ2n) is 10.3. The maximum atomic E-state index is 11.7. The van der Waals surface area contributed by atoms with E-state index in [9.17, 15) is 9.59 Å². The fraction of sp³-hybridized carbons (Fsp3) is 0.143. The monoisotopic (exact) mass is 529 g/mol. The third kappa shape index (κ3) is 5.06. The highest BCUT2D eigenvalue weighted by molar-refractivity contribution is 5.86. The summed E-state index contributed by atoms with van der Waals surface area (Å²) >= 11 is 0. The molecule has 1 aliphatic rings. The van der Waals surface area contributed by atoms with Gasteiger partial charge in [0.15, 0.2) is 0 Å². The van der Waals surface area contributed by atoms with Crippen LogP contribution in [0.15, 0.2) is 110 Å². The van der Waals surface area contributed by atoms with Crippen molar-refractivity contribution in [1.82, 2.24) is 0 Å². The first-order valence-electron chi connectivity index (χ1n) is 13.1. The predicted molar refractivity (Wildman–Crippen MR) is 160 cm³/mol. The molecule has 0 aliphatic heterocycles. The first-order valence-corrected chi connectivity index (χ1v) is 13.1. The van der Waals surface area contributed by atoms with Crippen LogP contribution >= 0.6 is 0 Å². The molecule has 5 heteroatoms. The maximum Gasteiger partial charge on any atom is 0.335 e. The molecule has 0 saturated heterocycles. The molecule has 40 heavy (non-hydrogen) atoms. The lowest BCUT2D eigenvalue weighted by atomic mass is 9.81. The zero-order chi connectivity index (χ0) is 28.4. The summed E-state index contributed by atoms with van der Waals surface area (Å²) in [6.07, 6.45) is 2.33. The smallest absolute Gasteiger partial charge is 0.335 e. The van der Waals surface area contributed by atoms with Gasteiger partial charge in [-0.2, -0.15) is 0 Å². The van der Waals surface area contributed by atoms with Gasteiger partial charge in [-0.25, -0.2) is 9.59 Å². The Kier molecular flexibility index (Phi) is 7.14. The van der Waals surface area contributed by atoms with Crippen LogP contribution in [0.1, 0.15) is 30.5 Å². The Labute approximate surface area is 235 Å². The van der Waals surface area contributed by atoms with Gasteiger partial charge in [0.25, 0.3) is 0 Å². The highest BCUT2D eigenvalue weighted by Crippen LogP contribution is 2.50. The Hall–Kier alpha value is -4.90. The van der Waals surface area contributed by atoms with E-state index in [1.807, 2.05) is 49.5 Å². The van der Waals surface area contributed by atoms with Crippen molar-refractivity contribution in [2.24, 2.45) is 0 Å². The number of esters is 2. The van der Waals surface area contributed by atoms with E-state index in [-0.39, 0.29) is 12.0 Å². The molecule has 0 unspecified atom stereocenters. The van der Waals surface area contributed by atoms with Gasteiger partial charge in [-0.05, 0) is 81.4 Å². The van der Waals surface area contributed by atoms with E-state index < -0.39 is 11.9 Å². The molecule has 1 aliphatic carbocycles. The first kappa shape index (κ1) is 26.7. The molecule has 0 bridgehead atoms. The minimum absolute atomic E-state index is 0.218. The van der Waals surface area contributed by atoms with Crippen LogP contribution in [0, 0.1) is 0 Å². The van der Waals surface area contributed by atoms with Crippen molar-refractivity contribution in [3.05, 3.63) is 127 Å². The van der Waals surface area contributed by atoms with Crippen LogP contribution in [-0.4, -0.2) is 19.0 Å². The van der Waals surface area contributed by atoms with Gasteiger partial charge in [-0.1, -0.05) is 69.5 Å². The number of carbonyl (C=O) groups excluding carboxylic acids is 2. The normalized spacial score (nSPS) is 12.6. The molecule has 0 amide bonds. The van der Waals surface area contributed by atoms with Crippen molar-refractivity contribution in [2.45, 2.75) is 25.9 Å². The van der Waals surface area contributed by atoms with E-state index in [2.05, 4.69) is 74.4 Å². The Morgan fingerprint density at radius 2 is 1.30 bits per heavy atom. The summed E-state index contributed by atoms with van der Waals surface area (Å²) in [5, 5.41) is 0. The third-order valence-electron chi connectivity index (χ3n) is 7.49. The van der Waals surface area contributed by atoms with Gasteiger partial charge in [0, 0.05) is 36.0 Å². The summed E-state index contributed by atoms with van der Waals surface area (Å²) in [7, 11) is 2.03. The SMILES string of the molecule is C=CC(=O)OCc1ccc(N(C)c2ccc(-c3ccc4c(c3)C(C)(C)c3cc(OC(=O)C=C)ccc3-4)cc2)cc1. The molecule has 4 aromatic carbocycles. The van der Waals surface area contributed by atoms with Crippen molar-refractivity contribution in [3.8, 4) is 28.0 Å². The van der Waals surface area contributed by atoms with Crippen LogP contribution in [0.25, 0.3) is 22.3 Å².